The zero-order valence-corrected chi connectivity index (χ0v) is 14.9. The predicted octanol–water partition coefficient (Wildman–Crippen LogP) is 2.21. The van der Waals surface area contributed by atoms with Crippen LogP contribution >= 0.6 is 0 Å². The van der Waals surface area contributed by atoms with Gasteiger partial charge in [0.1, 0.15) is 17.7 Å². The molecule has 1 aromatic heterocycles. The molecule has 1 saturated heterocycles. The van der Waals surface area contributed by atoms with E-state index in [9.17, 15) is 19.1 Å². The second kappa shape index (κ2) is 8.17. The number of urea groups is 1. The molecule has 2 aromatic rings. The van der Waals surface area contributed by atoms with Crippen molar-refractivity contribution < 1.29 is 19.1 Å². The van der Waals surface area contributed by atoms with Crippen molar-refractivity contribution in [2.45, 2.75) is 31.9 Å². The van der Waals surface area contributed by atoms with Crippen molar-refractivity contribution in [2.75, 3.05) is 23.7 Å². The van der Waals surface area contributed by atoms with Gasteiger partial charge in [0.15, 0.2) is 0 Å². The van der Waals surface area contributed by atoms with E-state index in [1.54, 1.807) is 27.9 Å². The number of nitrogens with zero attached hydrogens (tertiary/aromatic N) is 3. The van der Waals surface area contributed by atoms with E-state index in [4.69, 9.17) is 0 Å². The van der Waals surface area contributed by atoms with Crippen LogP contribution in [0.3, 0.4) is 0 Å². The molecule has 0 aliphatic carbocycles. The first-order chi connectivity index (χ1) is 12.9. The van der Waals surface area contributed by atoms with Crippen LogP contribution < -0.4 is 10.6 Å². The molecule has 3 amide bonds. The van der Waals surface area contributed by atoms with Crippen molar-refractivity contribution in [1.82, 2.24) is 14.7 Å². The van der Waals surface area contributed by atoms with Crippen LogP contribution in [-0.4, -0.2) is 50.9 Å². The van der Waals surface area contributed by atoms with E-state index in [1.165, 1.54) is 25.1 Å². The highest BCUT2D eigenvalue weighted by molar-refractivity contribution is 5.99. The number of rotatable bonds is 4. The molecule has 0 unspecified atom stereocenters. The molecule has 8 nitrogen and oxygen atoms in total. The van der Waals surface area contributed by atoms with Crippen LogP contribution in [0.4, 0.5) is 20.7 Å². The summed E-state index contributed by atoms with van der Waals surface area (Å²) in [7, 11) is 0. The summed E-state index contributed by atoms with van der Waals surface area (Å²) in [5, 5.41) is 19.0. The van der Waals surface area contributed by atoms with Gasteiger partial charge in [-0.15, -0.1) is 0 Å². The first-order valence-corrected chi connectivity index (χ1v) is 8.78. The van der Waals surface area contributed by atoms with Crippen LogP contribution in [0.25, 0.3) is 0 Å². The van der Waals surface area contributed by atoms with E-state index < -0.39 is 18.0 Å². The molecule has 1 fully saturated rings. The van der Waals surface area contributed by atoms with E-state index in [0.29, 0.717) is 37.4 Å². The van der Waals surface area contributed by atoms with E-state index in [-0.39, 0.29) is 11.9 Å². The second-order valence-corrected chi connectivity index (χ2v) is 6.48. The quantitative estimate of drug-likeness (QED) is 0.763. The molecule has 0 bridgehead atoms. The lowest BCUT2D eigenvalue weighted by molar-refractivity contribution is -0.140. The Balaban J connectivity index is 1.60. The Hall–Kier alpha value is -2.94. The number of hydrogen-bond acceptors (Lipinski definition) is 4. The van der Waals surface area contributed by atoms with Gasteiger partial charge >= 0.3 is 6.03 Å². The van der Waals surface area contributed by atoms with Crippen LogP contribution in [0.5, 0.6) is 0 Å². The standard InChI is InChI=1S/C18H22FN5O3/c1-12(25)17(26)23-9-6-15(7-10-23)24-16(5-8-20-24)22-18(27)21-14-4-2-3-13(19)11-14/h2-5,8,11-12,15,25H,6-7,9-10H2,1H3,(H2,21,22,27)/t12-/m1/s1. The Kier molecular flexibility index (Phi) is 5.70. The Bertz CT molecular complexity index is 815. The molecule has 27 heavy (non-hydrogen) atoms. The maximum Gasteiger partial charge on any atom is 0.324 e. The minimum absolute atomic E-state index is 0.0301. The van der Waals surface area contributed by atoms with Crippen LogP contribution in [0.2, 0.25) is 0 Å². The maximum atomic E-state index is 13.2. The number of aromatic nitrogens is 2. The third-order valence-corrected chi connectivity index (χ3v) is 4.47. The van der Waals surface area contributed by atoms with Crippen molar-refractivity contribution in [3.8, 4) is 0 Å². The molecule has 0 radical (unpaired) electrons. The third kappa shape index (κ3) is 4.62. The fourth-order valence-corrected chi connectivity index (χ4v) is 3.14. The van der Waals surface area contributed by atoms with Crippen molar-refractivity contribution in [3.05, 3.63) is 42.3 Å². The largest absolute Gasteiger partial charge is 0.384 e. The molecular formula is C18H22FN5O3. The lowest BCUT2D eigenvalue weighted by Crippen LogP contribution is -2.43. The summed E-state index contributed by atoms with van der Waals surface area (Å²) < 4.78 is 14.9. The number of aliphatic hydroxyl groups is 1. The summed E-state index contributed by atoms with van der Waals surface area (Å²) in [6, 6.07) is 6.84. The Morgan fingerprint density at radius 2 is 2.00 bits per heavy atom. The average Bonchev–Trinajstić information content (AvgIpc) is 3.09. The van der Waals surface area contributed by atoms with Gasteiger partial charge in [0.05, 0.1) is 12.2 Å². The summed E-state index contributed by atoms with van der Waals surface area (Å²) in [6.07, 6.45) is 1.92. The third-order valence-electron chi connectivity index (χ3n) is 4.47. The highest BCUT2D eigenvalue weighted by Crippen LogP contribution is 2.25. The van der Waals surface area contributed by atoms with Crippen molar-refractivity contribution in [3.63, 3.8) is 0 Å². The number of benzene rings is 1. The first kappa shape index (κ1) is 18.8. The lowest BCUT2D eigenvalue weighted by atomic mass is 10.0. The van der Waals surface area contributed by atoms with Gasteiger partial charge in [0, 0.05) is 24.8 Å². The summed E-state index contributed by atoms with van der Waals surface area (Å²) >= 11 is 0. The second-order valence-electron chi connectivity index (χ2n) is 6.48. The number of piperidine rings is 1. The van der Waals surface area contributed by atoms with E-state index in [0.717, 1.165) is 0 Å². The fourth-order valence-electron chi connectivity index (χ4n) is 3.14. The van der Waals surface area contributed by atoms with Crippen molar-refractivity contribution in [1.29, 1.82) is 0 Å². The minimum Gasteiger partial charge on any atom is -0.384 e. The Morgan fingerprint density at radius 1 is 1.26 bits per heavy atom. The van der Waals surface area contributed by atoms with Gasteiger partial charge < -0.3 is 15.3 Å². The number of anilines is 2. The molecule has 1 atom stereocenters. The zero-order valence-electron chi connectivity index (χ0n) is 14.9. The number of amides is 3. The number of carbonyl (C=O) groups is 2. The van der Waals surface area contributed by atoms with Crippen LogP contribution in [0, 0.1) is 5.82 Å². The minimum atomic E-state index is -1.00. The molecule has 9 heteroatoms. The monoisotopic (exact) mass is 375 g/mol. The molecule has 1 aliphatic heterocycles. The number of carbonyl (C=O) groups excluding carboxylic acids is 2. The number of hydrogen-bond donors (Lipinski definition) is 3. The topological polar surface area (TPSA) is 99.5 Å². The molecule has 0 saturated carbocycles. The Labute approximate surface area is 156 Å². The van der Waals surface area contributed by atoms with Gasteiger partial charge in [0.2, 0.25) is 0 Å². The number of halogens is 1. The number of nitrogens with one attached hydrogen (secondary N) is 2. The molecular weight excluding hydrogens is 353 g/mol. The summed E-state index contributed by atoms with van der Waals surface area (Å²) in [4.78, 5) is 25.7. The first-order valence-electron chi connectivity index (χ1n) is 8.78. The van der Waals surface area contributed by atoms with E-state index >= 15 is 0 Å². The Morgan fingerprint density at radius 3 is 2.67 bits per heavy atom. The van der Waals surface area contributed by atoms with E-state index in [1.807, 2.05) is 0 Å². The van der Waals surface area contributed by atoms with Gasteiger partial charge in [-0.25, -0.2) is 13.9 Å². The molecule has 1 aliphatic rings. The SMILES string of the molecule is C[C@@H](O)C(=O)N1CCC(n2nccc2NC(=O)Nc2cccc(F)c2)CC1. The normalized spacial score (nSPS) is 16.0. The molecule has 3 rings (SSSR count). The fraction of sp³-hybridized carbons (Fsp3) is 0.389. The summed E-state index contributed by atoms with van der Waals surface area (Å²) in [5.41, 5.74) is 0.350. The number of likely N-dealkylation sites (tertiary alicyclic amines) is 1. The lowest BCUT2D eigenvalue weighted by Gasteiger charge is -2.33. The molecule has 3 N–H and O–H groups in total. The molecule has 2 heterocycles. The average molecular weight is 375 g/mol. The van der Waals surface area contributed by atoms with Crippen LogP contribution in [0.1, 0.15) is 25.8 Å². The van der Waals surface area contributed by atoms with E-state index in [2.05, 4.69) is 15.7 Å². The van der Waals surface area contributed by atoms with Crippen LogP contribution in [-0.2, 0) is 4.79 Å². The van der Waals surface area contributed by atoms with Crippen molar-refractivity contribution >= 4 is 23.4 Å². The predicted molar refractivity (Wildman–Crippen MR) is 97.8 cm³/mol. The maximum absolute atomic E-state index is 13.2. The smallest absolute Gasteiger partial charge is 0.324 e. The molecule has 1 aromatic carbocycles. The van der Waals surface area contributed by atoms with Gasteiger partial charge in [-0.2, -0.15) is 5.10 Å². The molecule has 0 spiro atoms. The van der Waals surface area contributed by atoms with Gasteiger partial charge in [0.25, 0.3) is 5.91 Å². The summed E-state index contributed by atoms with van der Waals surface area (Å²) in [5.74, 6) is -0.192. The van der Waals surface area contributed by atoms with Crippen molar-refractivity contribution in [2.24, 2.45) is 0 Å². The van der Waals surface area contributed by atoms with Gasteiger partial charge in [-0.1, -0.05) is 6.07 Å². The highest BCUT2D eigenvalue weighted by Gasteiger charge is 2.27. The molecule has 144 valence electrons. The highest BCUT2D eigenvalue weighted by atomic mass is 19.1. The van der Waals surface area contributed by atoms with Crippen LogP contribution in [0.15, 0.2) is 36.5 Å². The summed E-state index contributed by atoms with van der Waals surface area (Å²) in [6.45, 7) is 2.49. The van der Waals surface area contributed by atoms with Gasteiger partial charge in [-0.3, -0.25) is 10.1 Å². The number of aliphatic hydroxyl groups excluding tert-OH is 1. The zero-order chi connectivity index (χ0) is 19.4. The van der Waals surface area contributed by atoms with Gasteiger partial charge in [-0.05, 0) is 38.0 Å².